The van der Waals surface area contributed by atoms with Crippen molar-refractivity contribution in [2.75, 3.05) is 0 Å². The van der Waals surface area contributed by atoms with Gasteiger partial charge in [0.05, 0.1) is 12.7 Å². The first-order valence-corrected chi connectivity index (χ1v) is 7.61. The number of hydrogen-bond acceptors (Lipinski definition) is 3. The van der Waals surface area contributed by atoms with Crippen molar-refractivity contribution in [2.24, 2.45) is 11.8 Å². The van der Waals surface area contributed by atoms with Crippen LogP contribution >= 0.6 is 0 Å². The first-order valence-electron chi connectivity index (χ1n) is 7.61. The Morgan fingerprint density at radius 1 is 1.19 bits per heavy atom. The summed E-state index contributed by atoms with van der Waals surface area (Å²) >= 11 is 0. The summed E-state index contributed by atoms with van der Waals surface area (Å²) in [5.41, 5.74) is 1.96. The van der Waals surface area contributed by atoms with Crippen molar-refractivity contribution in [1.29, 1.82) is 0 Å². The van der Waals surface area contributed by atoms with Crippen molar-refractivity contribution in [3.63, 3.8) is 0 Å². The highest BCUT2D eigenvalue weighted by Gasteiger charge is 2.30. The lowest BCUT2D eigenvalue weighted by molar-refractivity contribution is 0.00353. The van der Waals surface area contributed by atoms with E-state index in [1.165, 1.54) is 12.8 Å². The van der Waals surface area contributed by atoms with Gasteiger partial charge in [0.15, 0.2) is 0 Å². The van der Waals surface area contributed by atoms with Crippen LogP contribution in [0.5, 0.6) is 0 Å². The van der Waals surface area contributed by atoms with Crippen molar-refractivity contribution < 1.29 is 19.4 Å². The molecule has 0 amide bonds. The molecule has 1 aromatic rings. The second-order valence-corrected chi connectivity index (χ2v) is 6.06. The smallest absolute Gasteiger partial charge is 0.450 e. The minimum Gasteiger partial charge on any atom is -0.450 e. The third-order valence-electron chi connectivity index (χ3n) is 4.21. The lowest BCUT2D eigenvalue weighted by atomic mass is 9.92. The maximum atomic E-state index is 10.3. The van der Waals surface area contributed by atoms with Crippen LogP contribution in [0, 0.1) is 11.8 Å². The zero-order valence-corrected chi connectivity index (χ0v) is 12.7. The van der Waals surface area contributed by atoms with Crippen molar-refractivity contribution >= 4 is 6.16 Å². The molecule has 116 valence electrons. The molecule has 0 aromatic heterocycles. The fraction of sp³-hybridized carbons (Fsp3) is 0.588. The van der Waals surface area contributed by atoms with Crippen LogP contribution in [-0.2, 0) is 22.7 Å². The van der Waals surface area contributed by atoms with Gasteiger partial charge in [-0.15, -0.1) is 0 Å². The highest BCUT2D eigenvalue weighted by atomic mass is 16.7. The van der Waals surface area contributed by atoms with Crippen molar-refractivity contribution in [3.05, 3.63) is 35.4 Å². The highest BCUT2D eigenvalue weighted by molar-refractivity contribution is 5.56. The molecule has 1 aliphatic rings. The molecule has 1 fully saturated rings. The minimum atomic E-state index is -1.25. The molecule has 0 saturated heterocycles. The monoisotopic (exact) mass is 292 g/mol. The summed E-state index contributed by atoms with van der Waals surface area (Å²) in [5, 5.41) is 8.46. The standard InChI is InChI=1S/C17H24O4/c1-12(2)15-4-3-5-16(15)20-10-13-6-8-14(9-7-13)11-21-17(18)19/h6-9,12,15-16H,3-5,10-11H2,1-2H3,(H,18,19)/t15?,16-/m1/s1. The quantitative estimate of drug-likeness (QED) is 0.797. The molecule has 1 unspecified atom stereocenters. The van der Waals surface area contributed by atoms with Crippen LogP contribution in [0.25, 0.3) is 0 Å². The molecular weight excluding hydrogens is 268 g/mol. The zero-order chi connectivity index (χ0) is 15.2. The molecule has 0 radical (unpaired) electrons. The van der Waals surface area contributed by atoms with E-state index in [4.69, 9.17) is 9.84 Å². The molecule has 0 spiro atoms. The van der Waals surface area contributed by atoms with Crippen LogP contribution < -0.4 is 0 Å². The number of carbonyl (C=O) groups is 1. The minimum absolute atomic E-state index is 0.0918. The Morgan fingerprint density at radius 3 is 2.38 bits per heavy atom. The van der Waals surface area contributed by atoms with Gasteiger partial charge in [0.2, 0.25) is 0 Å². The summed E-state index contributed by atoms with van der Waals surface area (Å²) in [5.74, 6) is 1.35. The van der Waals surface area contributed by atoms with Gasteiger partial charge in [0.25, 0.3) is 0 Å². The molecule has 4 heteroatoms. The van der Waals surface area contributed by atoms with Gasteiger partial charge in [-0.3, -0.25) is 0 Å². The molecule has 1 aromatic carbocycles. The Labute approximate surface area is 126 Å². The molecule has 2 rings (SSSR count). The lowest BCUT2D eigenvalue weighted by Crippen LogP contribution is -2.22. The van der Waals surface area contributed by atoms with Gasteiger partial charge in [-0.2, -0.15) is 0 Å². The van der Waals surface area contributed by atoms with E-state index in [1.54, 1.807) is 0 Å². The van der Waals surface area contributed by atoms with Crippen molar-refractivity contribution in [3.8, 4) is 0 Å². The average Bonchev–Trinajstić information content (AvgIpc) is 2.92. The molecule has 2 atom stereocenters. The summed E-state index contributed by atoms with van der Waals surface area (Å²) < 4.78 is 10.6. The van der Waals surface area contributed by atoms with Crippen LogP contribution in [0.2, 0.25) is 0 Å². The Morgan fingerprint density at radius 2 is 1.81 bits per heavy atom. The van der Waals surface area contributed by atoms with Crippen LogP contribution in [-0.4, -0.2) is 17.4 Å². The fourth-order valence-corrected chi connectivity index (χ4v) is 3.00. The molecule has 21 heavy (non-hydrogen) atoms. The predicted molar refractivity (Wildman–Crippen MR) is 80.0 cm³/mol. The van der Waals surface area contributed by atoms with E-state index in [0.717, 1.165) is 17.5 Å². The molecule has 0 heterocycles. The van der Waals surface area contributed by atoms with E-state index in [1.807, 2.05) is 24.3 Å². The number of ether oxygens (including phenoxy) is 2. The van der Waals surface area contributed by atoms with E-state index >= 15 is 0 Å². The van der Waals surface area contributed by atoms with Crippen molar-refractivity contribution in [1.82, 2.24) is 0 Å². The van der Waals surface area contributed by atoms with Gasteiger partial charge in [0, 0.05) is 0 Å². The molecule has 1 aliphatic carbocycles. The first kappa shape index (κ1) is 15.8. The summed E-state index contributed by atoms with van der Waals surface area (Å²) in [7, 11) is 0. The number of benzene rings is 1. The van der Waals surface area contributed by atoms with Crippen LogP contribution in [0.15, 0.2) is 24.3 Å². The van der Waals surface area contributed by atoms with Gasteiger partial charge in [0.1, 0.15) is 6.61 Å². The van der Waals surface area contributed by atoms with Gasteiger partial charge < -0.3 is 14.6 Å². The number of rotatable bonds is 6. The van der Waals surface area contributed by atoms with Gasteiger partial charge in [-0.25, -0.2) is 4.79 Å². The molecule has 0 bridgehead atoms. The molecule has 4 nitrogen and oxygen atoms in total. The second-order valence-electron chi connectivity index (χ2n) is 6.06. The van der Waals surface area contributed by atoms with Crippen LogP contribution in [0.3, 0.4) is 0 Å². The molecule has 1 saturated carbocycles. The zero-order valence-electron chi connectivity index (χ0n) is 12.7. The Kier molecular flexibility index (Phi) is 5.62. The fourth-order valence-electron chi connectivity index (χ4n) is 3.00. The normalized spacial score (nSPS) is 21.7. The summed E-state index contributed by atoms with van der Waals surface area (Å²) in [6, 6.07) is 7.71. The van der Waals surface area contributed by atoms with Gasteiger partial charge >= 0.3 is 6.16 Å². The third-order valence-corrected chi connectivity index (χ3v) is 4.21. The number of hydrogen-bond donors (Lipinski definition) is 1. The molecule has 1 N–H and O–H groups in total. The van der Waals surface area contributed by atoms with Crippen LogP contribution in [0.1, 0.15) is 44.2 Å². The van der Waals surface area contributed by atoms with E-state index in [-0.39, 0.29) is 6.61 Å². The third kappa shape index (κ3) is 4.74. The van der Waals surface area contributed by atoms with Gasteiger partial charge in [-0.05, 0) is 35.8 Å². The van der Waals surface area contributed by atoms with E-state index in [9.17, 15) is 4.79 Å². The maximum absolute atomic E-state index is 10.3. The first-order chi connectivity index (χ1) is 10.1. The van der Waals surface area contributed by atoms with Gasteiger partial charge in [-0.1, -0.05) is 44.5 Å². The Hall–Kier alpha value is -1.55. The molecule has 0 aliphatic heterocycles. The Bertz CT molecular complexity index is 452. The SMILES string of the molecule is CC(C)C1CCC[C@H]1OCc1ccc(COC(=O)O)cc1. The average molecular weight is 292 g/mol. The lowest BCUT2D eigenvalue weighted by Gasteiger charge is -2.23. The van der Waals surface area contributed by atoms with Crippen LogP contribution in [0.4, 0.5) is 4.79 Å². The largest absolute Gasteiger partial charge is 0.506 e. The van der Waals surface area contributed by atoms with E-state index in [2.05, 4.69) is 18.6 Å². The molecular formula is C17H24O4. The topological polar surface area (TPSA) is 55.8 Å². The Balaban J connectivity index is 1.82. The van der Waals surface area contributed by atoms with E-state index < -0.39 is 6.16 Å². The maximum Gasteiger partial charge on any atom is 0.506 e. The second kappa shape index (κ2) is 7.46. The van der Waals surface area contributed by atoms with E-state index in [0.29, 0.717) is 24.5 Å². The predicted octanol–water partition coefficient (Wildman–Crippen LogP) is 4.22. The van der Waals surface area contributed by atoms with Crippen molar-refractivity contribution in [2.45, 2.75) is 52.4 Å². The highest BCUT2D eigenvalue weighted by Crippen LogP contribution is 2.34. The summed E-state index contributed by atoms with van der Waals surface area (Å²) in [6.45, 7) is 5.25. The summed E-state index contributed by atoms with van der Waals surface area (Å²) in [4.78, 5) is 10.3. The number of carboxylic acid groups (broad SMARTS) is 1. The summed E-state index contributed by atoms with van der Waals surface area (Å²) in [6.07, 6.45) is 2.82.